The first-order valence-electron chi connectivity index (χ1n) is 8.76. The Morgan fingerprint density at radius 2 is 1.88 bits per heavy atom. The van der Waals surface area contributed by atoms with Gasteiger partial charge in [-0.1, -0.05) is 0 Å². The van der Waals surface area contributed by atoms with E-state index in [-0.39, 0.29) is 6.04 Å². The highest BCUT2D eigenvalue weighted by atomic mass is 19.4. The molecule has 2 atom stereocenters. The van der Waals surface area contributed by atoms with Gasteiger partial charge in [0.25, 0.3) is 0 Å². The summed E-state index contributed by atoms with van der Waals surface area (Å²) in [6, 6.07) is 4.70. The third-order valence-corrected chi connectivity index (χ3v) is 5.30. The Bertz CT molecular complexity index is 777. The number of halogens is 3. The van der Waals surface area contributed by atoms with Crippen LogP contribution in [0.25, 0.3) is 0 Å². The van der Waals surface area contributed by atoms with Gasteiger partial charge in [0.1, 0.15) is 5.82 Å². The summed E-state index contributed by atoms with van der Waals surface area (Å²) in [4.78, 5) is 17.3. The van der Waals surface area contributed by atoms with Crippen LogP contribution in [0.1, 0.15) is 24.1 Å². The number of anilines is 2. The molecule has 0 saturated carbocycles. The van der Waals surface area contributed by atoms with Crippen molar-refractivity contribution in [3.63, 3.8) is 0 Å². The van der Waals surface area contributed by atoms with Crippen molar-refractivity contribution in [2.24, 2.45) is 5.92 Å². The van der Waals surface area contributed by atoms with Crippen LogP contribution in [-0.2, 0) is 6.18 Å². The zero-order chi connectivity index (χ0) is 18.3. The molecule has 0 amide bonds. The van der Waals surface area contributed by atoms with Crippen molar-refractivity contribution in [1.82, 2.24) is 15.0 Å². The van der Waals surface area contributed by atoms with E-state index in [4.69, 9.17) is 0 Å². The van der Waals surface area contributed by atoms with Gasteiger partial charge in [0.05, 0.1) is 11.6 Å². The van der Waals surface area contributed by atoms with E-state index < -0.39 is 11.7 Å². The minimum absolute atomic E-state index is 0.259. The SMILES string of the molecule is Cc1ccnc(N2CCC3CCN(c4ccc(C(F)(F)F)cn4)CC32)n1. The normalized spacial score (nSPS) is 23.2. The number of aromatic nitrogens is 3. The minimum atomic E-state index is -4.36. The summed E-state index contributed by atoms with van der Waals surface area (Å²) < 4.78 is 38.2. The Morgan fingerprint density at radius 1 is 1.08 bits per heavy atom. The predicted molar refractivity (Wildman–Crippen MR) is 92.1 cm³/mol. The standard InChI is InChI=1S/C18H20F3N5/c1-12-4-7-22-17(24-12)26-9-6-13-5-8-25(11-15(13)26)16-3-2-14(10-23-16)18(19,20)21/h2-4,7,10,13,15H,5-6,8-9,11H2,1H3. The number of fused-ring (bicyclic) bond motifs is 1. The summed E-state index contributed by atoms with van der Waals surface area (Å²) in [5.41, 5.74) is 0.210. The van der Waals surface area contributed by atoms with Crippen LogP contribution in [0.5, 0.6) is 0 Å². The van der Waals surface area contributed by atoms with Gasteiger partial charge in [-0.05, 0) is 43.9 Å². The van der Waals surface area contributed by atoms with Crippen LogP contribution in [0, 0.1) is 12.8 Å². The average Bonchev–Trinajstić information content (AvgIpc) is 3.04. The summed E-state index contributed by atoms with van der Waals surface area (Å²) in [7, 11) is 0. The number of aryl methyl sites for hydroxylation is 1. The Morgan fingerprint density at radius 3 is 2.58 bits per heavy atom. The molecule has 4 heterocycles. The van der Waals surface area contributed by atoms with Crippen molar-refractivity contribution < 1.29 is 13.2 Å². The van der Waals surface area contributed by atoms with Crippen LogP contribution in [0.2, 0.25) is 0 Å². The first kappa shape index (κ1) is 17.1. The zero-order valence-electron chi connectivity index (χ0n) is 14.4. The molecule has 0 radical (unpaired) electrons. The maximum Gasteiger partial charge on any atom is 0.417 e. The highest BCUT2D eigenvalue weighted by Gasteiger charge is 2.40. The van der Waals surface area contributed by atoms with Crippen LogP contribution in [0.4, 0.5) is 24.9 Å². The van der Waals surface area contributed by atoms with Crippen molar-refractivity contribution >= 4 is 11.8 Å². The minimum Gasteiger partial charge on any atom is -0.355 e. The lowest BCUT2D eigenvalue weighted by atomic mass is 9.92. The molecule has 4 rings (SSSR count). The molecule has 2 saturated heterocycles. The summed E-state index contributed by atoms with van der Waals surface area (Å²) in [5, 5.41) is 0. The number of rotatable bonds is 2. The van der Waals surface area contributed by atoms with E-state index in [9.17, 15) is 13.2 Å². The van der Waals surface area contributed by atoms with Gasteiger partial charge in [0.2, 0.25) is 5.95 Å². The third-order valence-electron chi connectivity index (χ3n) is 5.30. The number of pyridine rings is 1. The van der Waals surface area contributed by atoms with E-state index in [2.05, 4.69) is 24.8 Å². The zero-order valence-corrected chi connectivity index (χ0v) is 14.4. The maximum atomic E-state index is 12.7. The van der Waals surface area contributed by atoms with Crippen molar-refractivity contribution in [2.45, 2.75) is 32.0 Å². The van der Waals surface area contributed by atoms with Crippen LogP contribution in [-0.4, -0.2) is 40.6 Å². The van der Waals surface area contributed by atoms with Crippen LogP contribution in [0.15, 0.2) is 30.6 Å². The van der Waals surface area contributed by atoms with E-state index in [1.54, 1.807) is 6.20 Å². The van der Waals surface area contributed by atoms with E-state index in [1.165, 1.54) is 6.07 Å². The highest BCUT2D eigenvalue weighted by molar-refractivity contribution is 5.44. The molecular formula is C18H20F3N5. The van der Waals surface area contributed by atoms with Crippen LogP contribution >= 0.6 is 0 Å². The molecule has 26 heavy (non-hydrogen) atoms. The first-order valence-corrected chi connectivity index (χ1v) is 8.76. The second-order valence-corrected chi connectivity index (χ2v) is 6.95. The van der Waals surface area contributed by atoms with Gasteiger partial charge in [0, 0.05) is 37.7 Å². The van der Waals surface area contributed by atoms with Crippen LogP contribution in [0.3, 0.4) is 0 Å². The van der Waals surface area contributed by atoms with E-state index in [0.717, 1.165) is 56.4 Å². The fraction of sp³-hybridized carbons (Fsp3) is 0.500. The first-order chi connectivity index (χ1) is 12.4. The molecular weight excluding hydrogens is 343 g/mol. The topological polar surface area (TPSA) is 45.2 Å². The van der Waals surface area contributed by atoms with Gasteiger partial charge in [-0.25, -0.2) is 15.0 Å². The molecule has 138 valence electrons. The van der Waals surface area contributed by atoms with Gasteiger partial charge in [0.15, 0.2) is 0 Å². The maximum absolute atomic E-state index is 12.7. The van der Waals surface area contributed by atoms with Gasteiger partial charge >= 0.3 is 6.18 Å². The molecule has 2 aliphatic rings. The Balaban J connectivity index is 1.53. The fourth-order valence-corrected chi connectivity index (χ4v) is 3.91. The van der Waals surface area contributed by atoms with Gasteiger partial charge in [-0.2, -0.15) is 13.2 Å². The lowest BCUT2D eigenvalue weighted by molar-refractivity contribution is -0.137. The molecule has 2 aromatic heterocycles. The van der Waals surface area contributed by atoms with Crippen molar-refractivity contribution in [2.75, 3.05) is 29.4 Å². The Labute approximate surface area is 149 Å². The lowest BCUT2D eigenvalue weighted by Gasteiger charge is -2.39. The van der Waals surface area contributed by atoms with Gasteiger partial charge < -0.3 is 9.80 Å². The molecule has 2 aliphatic heterocycles. The third kappa shape index (κ3) is 3.20. The summed E-state index contributed by atoms with van der Waals surface area (Å²) >= 11 is 0. The van der Waals surface area contributed by atoms with E-state index >= 15 is 0 Å². The highest BCUT2D eigenvalue weighted by Crippen LogP contribution is 2.35. The van der Waals surface area contributed by atoms with Crippen molar-refractivity contribution in [3.05, 3.63) is 41.9 Å². The molecule has 0 bridgehead atoms. The number of hydrogen-bond donors (Lipinski definition) is 0. The molecule has 0 aliphatic carbocycles. The van der Waals surface area contributed by atoms with Gasteiger partial charge in [-0.3, -0.25) is 0 Å². The van der Waals surface area contributed by atoms with E-state index in [0.29, 0.717) is 11.7 Å². The summed E-state index contributed by atoms with van der Waals surface area (Å²) in [6.07, 6.45) is 0.412. The Kier molecular flexibility index (Phi) is 4.20. The largest absolute Gasteiger partial charge is 0.417 e. The second-order valence-electron chi connectivity index (χ2n) is 6.95. The number of hydrogen-bond acceptors (Lipinski definition) is 5. The van der Waals surface area contributed by atoms with E-state index in [1.807, 2.05) is 13.0 Å². The predicted octanol–water partition coefficient (Wildman–Crippen LogP) is 3.30. The molecule has 2 aromatic rings. The molecule has 0 spiro atoms. The molecule has 0 aromatic carbocycles. The summed E-state index contributed by atoms with van der Waals surface area (Å²) in [5.74, 6) is 1.89. The number of piperidine rings is 1. The van der Waals surface area contributed by atoms with Crippen molar-refractivity contribution in [3.8, 4) is 0 Å². The smallest absolute Gasteiger partial charge is 0.355 e. The molecule has 2 unspecified atom stereocenters. The Hall–Kier alpha value is -2.38. The number of alkyl halides is 3. The molecule has 0 N–H and O–H groups in total. The number of nitrogens with zero attached hydrogens (tertiary/aromatic N) is 5. The quantitative estimate of drug-likeness (QED) is 0.819. The monoisotopic (exact) mass is 363 g/mol. The molecule has 8 heteroatoms. The van der Waals surface area contributed by atoms with Crippen LogP contribution < -0.4 is 9.80 Å². The molecule has 2 fully saturated rings. The van der Waals surface area contributed by atoms with Gasteiger partial charge in [-0.15, -0.1) is 0 Å². The second kappa shape index (κ2) is 6.41. The van der Waals surface area contributed by atoms with Crippen molar-refractivity contribution in [1.29, 1.82) is 0 Å². The summed E-state index contributed by atoms with van der Waals surface area (Å²) in [6.45, 7) is 4.38. The molecule has 5 nitrogen and oxygen atoms in total. The fourth-order valence-electron chi connectivity index (χ4n) is 3.91. The lowest BCUT2D eigenvalue weighted by Crippen LogP contribution is -2.49. The average molecular weight is 363 g/mol.